The molecule has 1 aliphatic heterocycles. The number of ether oxygens (including phenoxy) is 2. The summed E-state index contributed by atoms with van der Waals surface area (Å²) in [4.78, 5) is 2.25. The van der Waals surface area contributed by atoms with Gasteiger partial charge in [0.15, 0.2) is 6.29 Å². The molecule has 0 aromatic rings. The predicted octanol–water partition coefficient (Wildman–Crippen LogP) is 0.310. The van der Waals surface area contributed by atoms with Crippen molar-refractivity contribution in [1.29, 1.82) is 0 Å². The fourth-order valence-electron chi connectivity index (χ4n) is 1.68. The number of rotatable bonds is 7. The van der Waals surface area contributed by atoms with Gasteiger partial charge in [-0.25, -0.2) is 0 Å². The van der Waals surface area contributed by atoms with E-state index in [9.17, 15) is 0 Å². The summed E-state index contributed by atoms with van der Waals surface area (Å²) >= 11 is 0. The molecule has 1 saturated heterocycles. The highest BCUT2D eigenvalue weighted by Gasteiger charge is 2.28. The fourth-order valence-corrected chi connectivity index (χ4v) is 1.68. The van der Waals surface area contributed by atoms with E-state index in [0.717, 1.165) is 19.6 Å². The molecule has 1 N–H and O–H groups in total. The topological polar surface area (TPSA) is 41.9 Å². The third kappa shape index (κ3) is 3.53. The second-order valence-electron chi connectivity index (χ2n) is 3.61. The van der Waals surface area contributed by atoms with E-state index in [1.165, 1.54) is 0 Å². The molecule has 0 aliphatic carbocycles. The van der Waals surface area contributed by atoms with Crippen molar-refractivity contribution in [3.05, 3.63) is 0 Å². The Labute approximate surface area is 85.8 Å². The van der Waals surface area contributed by atoms with Crippen LogP contribution in [0.3, 0.4) is 0 Å². The Morgan fingerprint density at radius 2 is 1.86 bits per heavy atom. The van der Waals surface area contributed by atoms with Crippen molar-refractivity contribution < 1.29 is 14.6 Å². The van der Waals surface area contributed by atoms with E-state index in [1.807, 2.05) is 13.8 Å². The van der Waals surface area contributed by atoms with E-state index in [2.05, 4.69) is 4.90 Å². The zero-order valence-electron chi connectivity index (χ0n) is 9.11. The third-order valence-electron chi connectivity index (χ3n) is 2.40. The second-order valence-corrected chi connectivity index (χ2v) is 3.61. The lowest BCUT2D eigenvalue weighted by Gasteiger charge is -2.39. The number of aliphatic hydroxyl groups excluding tert-OH is 1. The summed E-state index contributed by atoms with van der Waals surface area (Å²) in [7, 11) is 0. The van der Waals surface area contributed by atoms with Crippen molar-refractivity contribution in [3.8, 4) is 0 Å². The van der Waals surface area contributed by atoms with Crippen LogP contribution in [0.15, 0.2) is 0 Å². The van der Waals surface area contributed by atoms with Gasteiger partial charge in [0.1, 0.15) is 0 Å². The van der Waals surface area contributed by atoms with Crippen LogP contribution in [0.5, 0.6) is 0 Å². The van der Waals surface area contributed by atoms with Gasteiger partial charge >= 0.3 is 0 Å². The lowest BCUT2D eigenvalue weighted by Crippen LogP contribution is -2.51. The maximum Gasteiger partial charge on any atom is 0.170 e. The maximum atomic E-state index is 8.86. The van der Waals surface area contributed by atoms with Crippen LogP contribution in [-0.2, 0) is 9.47 Å². The van der Waals surface area contributed by atoms with Gasteiger partial charge in [0, 0.05) is 45.4 Å². The van der Waals surface area contributed by atoms with Gasteiger partial charge in [-0.05, 0) is 13.8 Å². The highest BCUT2D eigenvalue weighted by atomic mass is 16.7. The van der Waals surface area contributed by atoms with Gasteiger partial charge in [-0.3, -0.25) is 4.90 Å². The van der Waals surface area contributed by atoms with E-state index in [0.29, 0.717) is 25.7 Å². The zero-order valence-corrected chi connectivity index (χ0v) is 9.11. The van der Waals surface area contributed by atoms with E-state index in [4.69, 9.17) is 14.6 Å². The molecule has 0 bridgehead atoms. The highest BCUT2D eigenvalue weighted by molar-refractivity contribution is 4.79. The molecule has 0 spiro atoms. The molecule has 0 aromatic carbocycles. The standard InChI is InChI=1S/C10H21NO3/c1-3-13-10(14-4-2)7-11-5-9(6-11)8-12/h9-10,12H,3-8H2,1-2H3. The quantitative estimate of drug-likeness (QED) is 0.605. The molecule has 0 unspecified atom stereocenters. The number of hydrogen-bond acceptors (Lipinski definition) is 4. The second kappa shape index (κ2) is 6.35. The Morgan fingerprint density at radius 1 is 1.29 bits per heavy atom. The smallest absolute Gasteiger partial charge is 0.170 e. The van der Waals surface area contributed by atoms with Crippen LogP contribution in [0.4, 0.5) is 0 Å². The van der Waals surface area contributed by atoms with Gasteiger partial charge in [0.05, 0.1) is 0 Å². The molecule has 1 heterocycles. The summed E-state index contributed by atoms with van der Waals surface area (Å²) in [6, 6.07) is 0. The molecule has 0 radical (unpaired) electrons. The van der Waals surface area contributed by atoms with Crippen molar-refractivity contribution in [2.24, 2.45) is 5.92 Å². The molecular weight excluding hydrogens is 182 g/mol. The van der Waals surface area contributed by atoms with Crippen LogP contribution in [-0.4, -0.2) is 55.8 Å². The first-order valence-electron chi connectivity index (χ1n) is 5.36. The van der Waals surface area contributed by atoms with E-state index >= 15 is 0 Å². The Bertz CT molecular complexity index is 142. The lowest BCUT2D eigenvalue weighted by molar-refractivity contribution is -0.157. The van der Waals surface area contributed by atoms with E-state index in [-0.39, 0.29) is 6.29 Å². The van der Waals surface area contributed by atoms with Crippen molar-refractivity contribution >= 4 is 0 Å². The number of likely N-dealkylation sites (tertiary alicyclic amines) is 1. The minimum atomic E-state index is -0.107. The molecule has 1 aliphatic rings. The molecular formula is C10H21NO3. The molecule has 0 aromatic heterocycles. The lowest BCUT2D eigenvalue weighted by atomic mass is 10.0. The molecule has 4 heteroatoms. The SMILES string of the molecule is CCOC(CN1CC(CO)C1)OCC. The highest BCUT2D eigenvalue weighted by Crippen LogP contribution is 2.15. The fraction of sp³-hybridized carbons (Fsp3) is 1.00. The Morgan fingerprint density at radius 3 is 2.29 bits per heavy atom. The minimum Gasteiger partial charge on any atom is -0.396 e. The van der Waals surface area contributed by atoms with Crippen LogP contribution < -0.4 is 0 Å². The molecule has 1 fully saturated rings. The summed E-state index contributed by atoms with van der Waals surface area (Å²) < 4.78 is 10.9. The first-order chi connectivity index (χ1) is 6.80. The normalized spacial score (nSPS) is 18.9. The number of aliphatic hydroxyl groups is 1. The number of hydrogen-bond donors (Lipinski definition) is 1. The molecule has 84 valence electrons. The van der Waals surface area contributed by atoms with E-state index in [1.54, 1.807) is 0 Å². The van der Waals surface area contributed by atoms with Crippen LogP contribution in [0.25, 0.3) is 0 Å². The summed E-state index contributed by atoms with van der Waals surface area (Å²) in [5.41, 5.74) is 0. The summed E-state index contributed by atoms with van der Waals surface area (Å²) in [6.45, 7) is 8.35. The van der Waals surface area contributed by atoms with Crippen molar-refractivity contribution in [2.45, 2.75) is 20.1 Å². The van der Waals surface area contributed by atoms with Crippen molar-refractivity contribution in [1.82, 2.24) is 4.90 Å². The minimum absolute atomic E-state index is 0.107. The maximum absolute atomic E-state index is 8.86. The molecule has 0 saturated carbocycles. The van der Waals surface area contributed by atoms with Gasteiger partial charge < -0.3 is 14.6 Å². The van der Waals surface area contributed by atoms with Crippen molar-refractivity contribution in [2.75, 3.05) is 39.5 Å². The number of nitrogens with zero attached hydrogens (tertiary/aromatic N) is 1. The van der Waals surface area contributed by atoms with Crippen LogP contribution in [0, 0.1) is 5.92 Å². The average Bonchev–Trinajstić information content (AvgIpc) is 2.11. The first kappa shape index (κ1) is 11.9. The summed E-state index contributed by atoms with van der Waals surface area (Å²) in [5.74, 6) is 0.457. The summed E-state index contributed by atoms with van der Waals surface area (Å²) in [6.07, 6.45) is -0.107. The third-order valence-corrected chi connectivity index (χ3v) is 2.40. The molecule has 0 amide bonds. The monoisotopic (exact) mass is 203 g/mol. The Balaban J connectivity index is 2.13. The van der Waals surface area contributed by atoms with Gasteiger partial charge in [-0.2, -0.15) is 0 Å². The molecule has 1 rings (SSSR count). The summed E-state index contributed by atoms with van der Waals surface area (Å²) in [5, 5.41) is 8.86. The Kier molecular flexibility index (Phi) is 5.40. The van der Waals surface area contributed by atoms with Gasteiger partial charge in [-0.15, -0.1) is 0 Å². The van der Waals surface area contributed by atoms with Gasteiger partial charge in [0.25, 0.3) is 0 Å². The largest absolute Gasteiger partial charge is 0.396 e. The zero-order chi connectivity index (χ0) is 10.4. The van der Waals surface area contributed by atoms with E-state index < -0.39 is 0 Å². The molecule has 14 heavy (non-hydrogen) atoms. The van der Waals surface area contributed by atoms with Gasteiger partial charge in [0.2, 0.25) is 0 Å². The van der Waals surface area contributed by atoms with Crippen LogP contribution in [0.2, 0.25) is 0 Å². The van der Waals surface area contributed by atoms with Crippen molar-refractivity contribution in [3.63, 3.8) is 0 Å². The van der Waals surface area contributed by atoms with Crippen LogP contribution in [0.1, 0.15) is 13.8 Å². The molecule has 0 atom stereocenters. The predicted molar refractivity (Wildman–Crippen MR) is 54.1 cm³/mol. The first-order valence-corrected chi connectivity index (χ1v) is 5.36. The molecule has 4 nitrogen and oxygen atoms in total. The Hall–Kier alpha value is -0.160. The van der Waals surface area contributed by atoms with Gasteiger partial charge in [-0.1, -0.05) is 0 Å². The average molecular weight is 203 g/mol. The van der Waals surface area contributed by atoms with Crippen LogP contribution >= 0.6 is 0 Å².